The van der Waals surface area contributed by atoms with Crippen molar-refractivity contribution in [1.29, 1.82) is 0 Å². The van der Waals surface area contributed by atoms with E-state index in [0.717, 1.165) is 5.56 Å². The molecule has 0 aliphatic rings. The summed E-state index contributed by atoms with van der Waals surface area (Å²) in [6.45, 7) is 2.23. The number of hydrogen-bond acceptors (Lipinski definition) is 5. The molecule has 5 nitrogen and oxygen atoms in total. The van der Waals surface area contributed by atoms with E-state index >= 15 is 0 Å². The molecule has 2 aromatic carbocycles. The molecule has 0 spiro atoms. The topological polar surface area (TPSA) is 72.8 Å². The molecule has 124 valence electrons. The summed E-state index contributed by atoms with van der Waals surface area (Å²) in [4.78, 5) is 0. The van der Waals surface area contributed by atoms with E-state index < -0.39 is 10.1 Å². The number of rotatable bonds is 8. The van der Waals surface area contributed by atoms with Gasteiger partial charge in [-0.3, -0.25) is 0 Å². The van der Waals surface area contributed by atoms with Crippen LogP contribution >= 0.6 is 0 Å². The molecule has 0 fully saturated rings. The molecule has 6 heteroatoms. The van der Waals surface area contributed by atoms with Crippen LogP contribution < -0.4 is 8.92 Å². The van der Waals surface area contributed by atoms with Crippen molar-refractivity contribution in [2.45, 2.75) is 19.1 Å². The molecule has 0 aliphatic heterocycles. The van der Waals surface area contributed by atoms with Gasteiger partial charge >= 0.3 is 10.1 Å². The zero-order chi connectivity index (χ0) is 16.7. The molecule has 0 atom stereocenters. The largest absolute Gasteiger partial charge is 0.493 e. The second kappa shape index (κ2) is 7.99. The van der Waals surface area contributed by atoms with Gasteiger partial charge in [0.25, 0.3) is 0 Å². The van der Waals surface area contributed by atoms with Gasteiger partial charge in [-0.2, -0.15) is 8.42 Å². The van der Waals surface area contributed by atoms with Crippen LogP contribution in [0.3, 0.4) is 0 Å². The van der Waals surface area contributed by atoms with Gasteiger partial charge in [-0.1, -0.05) is 30.3 Å². The molecular weight excluding hydrogens is 316 g/mol. The van der Waals surface area contributed by atoms with Crippen LogP contribution in [0.2, 0.25) is 0 Å². The fraction of sp³-hybridized carbons (Fsp3) is 0.294. The Labute approximate surface area is 136 Å². The van der Waals surface area contributed by atoms with Gasteiger partial charge in [0.2, 0.25) is 0 Å². The molecule has 0 bridgehead atoms. The Morgan fingerprint density at radius 3 is 2.43 bits per heavy atom. The van der Waals surface area contributed by atoms with E-state index in [-0.39, 0.29) is 18.1 Å². The van der Waals surface area contributed by atoms with Crippen molar-refractivity contribution >= 4 is 10.1 Å². The van der Waals surface area contributed by atoms with Gasteiger partial charge in [0.05, 0.1) is 6.61 Å². The summed E-state index contributed by atoms with van der Waals surface area (Å²) in [6, 6.07) is 13.8. The second-order valence-corrected chi connectivity index (χ2v) is 6.75. The second-order valence-electron chi connectivity index (χ2n) is 5.18. The molecule has 0 aliphatic carbocycles. The summed E-state index contributed by atoms with van der Waals surface area (Å²) in [7, 11) is -3.74. The molecule has 0 amide bonds. The maximum Gasteiger partial charge on any atom is 0.313 e. The Balaban J connectivity index is 2.09. The number of ether oxygens (including phenoxy) is 1. The lowest BCUT2D eigenvalue weighted by atomic mass is 10.2. The lowest BCUT2D eigenvalue weighted by Crippen LogP contribution is -2.12. The predicted octanol–water partition coefficient (Wildman–Crippen LogP) is 2.67. The average Bonchev–Trinajstić information content (AvgIpc) is 2.47. The highest BCUT2D eigenvalue weighted by Gasteiger charge is 2.15. The van der Waals surface area contributed by atoms with E-state index in [2.05, 4.69) is 0 Å². The van der Waals surface area contributed by atoms with E-state index in [4.69, 9.17) is 14.0 Å². The van der Waals surface area contributed by atoms with Gasteiger partial charge in [-0.25, -0.2) is 0 Å². The third kappa shape index (κ3) is 5.92. The van der Waals surface area contributed by atoms with Crippen LogP contribution in [-0.2, 0) is 15.9 Å². The minimum atomic E-state index is -3.74. The highest BCUT2D eigenvalue weighted by atomic mass is 32.2. The predicted molar refractivity (Wildman–Crippen MR) is 88.1 cm³/mol. The molecule has 0 saturated heterocycles. The van der Waals surface area contributed by atoms with E-state index in [1.54, 1.807) is 36.4 Å². The first kappa shape index (κ1) is 17.3. The molecule has 0 heterocycles. The quantitative estimate of drug-likeness (QED) is 0.593. The molecule has 0 radical (unpaired) electrons. The molecule has 0 aromatic heterocycles. The van der Waals surface area contributed by atoms with Crippen LogP contribution in [0.4, 0.5) is 0 Å². The Morgan fingerprint density at radius 1 is 1.04 bits per heavy atom. The number of hydrogen-bond donors (Lipinski definition) is 1. The average molecular weight is 336 g/mol. The summed E-state index contributed by atoms with van der Waals surface area (Å²) in [5, 5.41) is 8.76. The zero-order valence-electron chi connectivity index (χ0n) is 12.9. The van der Waals surface area contributed by atoms with Crippen molar-refractivity contribution in [2.75, 3.05) is 13.2 Å². The van der Waals surface area contributed by atoms with Crippen molar-refractivity contribution in [2.24, 2.45) is 0 Å². The van der Waals surface area contributed by atoms with Crippen molar-refractivity contribution in [1.82, 2.24) is 0 Å². The highest BCUT2D eigenvalue weighted by Crippen LogP contribution is 2.24. The summed E-state index contributed by atoms with van der Waals surface area (Å²) < 4.78 is 35.0. The van der Waals surface area contributed by atoms with Crippen molar-refractivity contribution in [3.8, 4) is 11.5 Å². The Bertz CT molecular complexity index is 726. The van der Waals surface area contributed by atoms with Gasteiger partial charge in [0, 0.05) is 19.1 Å². The number of aliphatic hydroxyl groups excluding tert-OH is 1. The van der Waals surface area contributed by atoms with Crippen LogP contribution in [-0.4, -0.2) is 26.7 Å². The molecular formula is C17H20O5S. The van der Waals surface area contributed by atoms with Gasteiger partial charge in [-0.15, -0.1) is 0 Å². The maximum absolute atomic E-state index is 12.2. The Hall–Kier alpha value is -2.05. The van der Waals surface area contributed by atoms with Crippen molar-refractivity contribution < 1.29 is 22.4 Å². The smallest absolute Gasteiger partial charge is 0.313 e. The van der Waals surface area contributed by atoms with Crippen LogP contribution in [0, 0.1) is 6.92 Å². The molecule has 0 saturated carbocycles. The lowest BCUT2D eigenvalue weighted by molar-refractivity contribution is 0.233. The third-order valence-electron chi connectivity index (χ3n) is 3.01. The van der Waals surface area contributed by atoms with Gasteiger partial charge in [0.1, 0.15) is 17.3 Å². The Morgan fingerprint density at radius 2 is 1.74 bits per heavy atom. The minimum absolute atomic E-state index is 0.0423. The van der Waals surface area contributed by atoms with Gasteiger partial charge in [-0.05, 0) is 30.2 Å². The lowest BCUT2D eigenvalue weighted by Gasteiger charge is -2.11. The Kier molecular flexibility index (Phi) is 6.01. The van der Waals surface area contributed by atoms with Crippen LogP contribution in [0.15, 0.2) is 48.5 Å². The highest BCUT2D eigenvalue weighted by molar-refractivity contribution is 7.86. The normalized spacial score (nSPS) is 11.2. The van der Waals surface area contributed by atoms with Crippen LogP contribution in [0.25, 0.3) is 0 Å². The van der Waals surface area contributed by atoms with E-state index in [9.17, 15) is 8.42 Å². The van der Waals surface area contributed by atoms with Crippen LogP contribution in [0.5, 0.6) is 11.5 Å². The first-order chi connectivity index (χ1) is 11.0. The number of aliphatic hydroxyl groups is 1. The fourth-order valence-corrected chi connectivity index (χ4v) is 3.10. The third-order valence-corrected chi connectivity index (χ3v) is 4.14. The van der Waals surface area contributed by atoms with E-state index in [1.807, 2.05) is 13.0 Å². The van der Waals surface area contributed by atoms with E-state index in [1.165, 1.54) is 6.07 Å². The molecule has 1 N–H and O–H groups in total. The van der Waals surface area contributed by atoms with Crippen molar-refractivity contribution in [3.63, 3.8) is 0 Å². The zero-order valence-corrected chi connectivity index (χ0v) is 13.8. The summed E-state index contributed by atoms with van der Waals surface area (Å²) in [5.41, 5.74) is 1.50. The molecule has 2 rings (SSSR count). The molecule has 2 aromatic rings. The van der Waals surface area contributed by atoms with Crippen LogP contribution in [0.1, 0.15) is 17.5 Å². The standard InChI is InChI=1S/C17H20O5S/c1-14-10-16(21-9-5-8-18)12-17(11-14)22-23(19,20)13-15-6-3-2-4-7-15/h2-4,6-7,10-12,18H,5,8-9,13H2,1H3. The minimum Gasteiger partial charge on any atom is -0.493 e. The maximum atomic E-state index is 12.2. The first-order valence-corrected chi connectivity index (χ1v) is 8.88. The van der Waals surface area contributed by atoms with Crippen molar-refractivity contribution in [3.05, 3.63) is 59.7 Å². The summed E-state index contributed by atoms with van der Waals surface area (Å²) in [6.07, 6.45) is 0.510. The summed E-state index contributed by atoms with van der Waals surface area (Å²) >= 11 is 0. The fourth-order valence-electron chi connectivity index (χ4n) is 2.05. The first-order valence-electron chi connectivity index (χ1n) is 7.30. The van der Waals surface area contributed by atoms with Gasteiger partial charge < -0.3 is 14.0 Å². The van der Waals surface area contributed by atoms with E-state index in [0.29, 0.717) is 24.3 Å². The monoisotopic (exact) mass is 336 g/mol. The van der Waals surface area contributed by atoms with Gasteiger partial charge in [0.15, 0.2) is 0 Å². The number of benzene rings is 2. The molecule has 0 unspecified atom stereocenters. The number of aryl methyl sites for hydroxylation is 1. The molecule has 23 heavy (non-hydrogen) atoms. The SMILES string of the molecule is Cc1cc(OCCCO)cc(OS(=O)(=O)Cc2ccccc2)c1. The summed E-state index contributed by atoms with van der Waals surface area (Å²) in [5.74, 6) is 0.547.